The molecule has 5 rings (SSSR count). The Morgan fingerprint density at radius 1 is 0.952 bits per heavy atom. The fraction of sp³-hybridized carbons (Fsp3) is 0.581. The highest BCUT2D eigenvalue weighted by molar-refractivity contribution is 7.85. The third kappa shape index (κ3) is 7.84. The van der Waals surface area contributed by atoms with Crippen LogP contribution in [0.5, 0.6) is 0 Å². The molecular formula is C31H44ClN5O4S. The average molecular weight is 618 g/mol. The van der Waals surface area contributed by atoms with E-state index in [4.69, 9.17) is 25.5 Å². The molecule has 0 aliphatic carbocycles. The summed E-state index contributed by atoms with van der Waals surface area (Å²) in [4.78, 5) is 12.5. The summed E-state index contributed by atoms with van der Waals surface area (Å²) in [7, 11) is -3.48. The van der Waals surface area contributed by atoms with Crippen LogP contribution in [0.1, 0.15) is 31.7 Å². The van der Waals surface area contributed by atoms with Gasteiger partial charge in [0.05, 0.1) is 30.5 Å². The number of nitrogens with zero attached hydrogens (tertiary/aromatic N) is 5. The molecule has 1 unspecified atom stereocenters. The summed E-state index contributed by atoms with van der Waals surface area (Å²) in [5, 5.41) is 0.704. The summed E-state index contributed by atoms with van der Waals surface area (Å²) in [6.07, 6.45) is 3.79. The molecule has 3 aromatic rings. The molecule has 1 aromatic heterocycles. The van der Waals surface area contributed by atoms with Crippen LogP contribution < -0.4 is 4.90 Å². The third-order valence-corrected chi connectivity index (χ3v) is 9.48. The van der Waals surface area contributed by atoms with Crippen LogP contribution in [0.4, 0.5) is 5.95 Å². The van der Waals surface area contributed by atoms with E-state index in [9.17, 15) is 8.42 Å². The first-order chi connectivity index (χ1) is 20.3. The Morgan fingerprint density at radius 2 is 1.79 bits per heavy atom. The van der Waals surface area contributed by atoms with Gasteiger partial charge in [-0.2, -0.15) is 8.42 Å². The SMILES string of the molecule is CCOCCn1c(N2CCCN(CCN3CCC(CCOS(C)(=O)=O)(c4cccc(Cl)c4)C3)CC2)nc2ccccc21. The van der Waals surface area contributed by atoms with Crippen molar-refractivity contribution in [3.8, 4) is 0 Å². The predicted octanol–water partition coefficient (Wildman–Crippen LogP) is 4.25. The highest BCUT2D eigenvalue weighted by Gasteiger charge is 2.39. The second-order valence-corrected chi connectivity index (χ2v) is 13.6. The van der Waals surface area contributed by atoms with Gasteiger partial charge in [0.15, 0.2) is 0 Å². The molecule has 1 atom stereocenters. The molecule has 11 heteroatoms. The van der Waals surface area contributed by atoms with Gasteiger partial charge in [0.1, 0.15) is 0 Å². The maximum absolute atomic E-state index is 11.6. The Morgan fingerprint density at radius 3 is 2.60 bits per heavy atom. The molecule has 2 fully saturated rings. The fourth-order valence-electron chi connectivity index (χ4n) is 6.44. The quantitative estimate of drug-likeness (QED) is 0.208. The minimum absolute atomic E-state index is 0.175. The van der Waals surface area contributed by atoms with Crippen LogP contribution in [0.2, 0.25) is 5.02 Å². The highest BCUT2D eigenvalue weighted by Crippen LogP contribution is 2.39. The van der Waals surface area contributed by atoms with Gasteiger partial charge in [-0.15, -0.1) is 0 Å². The zero-order valence-electron chi connectivity index (χ0n) is 24.9. The van der Waals surface area contributed by atoms with E-state index < -0.39 is 10.1 Å². The van der Waals surface area contributed by atoms with Crippen LogP contribution in [0.25, 0.3) is 11.0 Å². The molecule has 0 N–H and O–H groups in total. The van der Waals surface area contributed by atoms with Crippen LogP contribution in [0, 0.1) is 0 Å². The van der Waals surface area contributed by atoms with Crippen LogP contribution in [-0.2, 0) is 31.0 Å². The van der Waals surface area contributed by atoms with Crippen molar-refractivity contribution in [1.29, 1.82) is 0 Å². The van der Waals surface area contributed by atoms with Crippen LogP contribution in [0.15, 0.2) is 48.5 Å². The summed E-state index contributed by atoms with van der Waals surface area (Å²) in [5.41, 5.74) is 3.18. The van der Waals surface area contributed by atoms with Gasteiger partial charge in [0, 0.05) is 62.9 Å². The van der Waals surface area contributed by atoms with Crippen LogP contribution >= 0.6 is 11.6 Å². The lowest BCUT2D eigenvalue weighted by molar-refractivity contribution is 0.140. The molecule has 42 heavy (non-hydrogen) atoms. The largest absolute Gasteiger partial charge is 0.380 e. The molecule has 0 radical (unpaired) electrons. The zero-order valence-corrected chi connectivity index (χ0v) is 26.5. The maximum Gasteiger partial charge on any atom is 0.264 e. The van der Waals surface area contributed by atoms with E-state index in [1.54, 1.807) is 0 Å². The molecule has 0 spiro atoms. The van der Waals surface area contributed by atoms with Gasteiger partial charge >= 0.3 is 0 Å². The van der Waals surface area contributed by atoms with Crippen molar-refractivity contribution in [1.82, 2.24) is 19.4 Å². The number of para-hydroxylation sites is 2. The van der Waals surface area contributed by atoms with Crippen LogP contribution in [-0.4, -0.2) is 106 Å². The molecule has 0 bridgehead atoms. The first-order valence-electron chi connectivity index (χ1n) is 15.1. The Hall–Kier alpha value is -2.21. The number of benzene rings is 2. The van der Waals surface area contributed by atoms with Gasteiger partial charge in [-0.05, 0) is 69.1 Å². The molecule has 2 aliphatic heterocycles. The van der Waals surface area contributed by atoms with E-state index in [1.165, 1.54) is 0 Å². The molecule has 2 saturated heterocycles. The number of aromatic nitrogens is 2. The van der Waals surface area contributed by atoms with Crippen molar-refractivity contribution in [3.05, 3.63) is 59.1 Å². The minimum Gasteiger partial charge on any atom is -0.380 e. The molecule has 2 aliphatic rings. The Kier molecular flexibility index (Phi) is 10.4. The zero-order chi connectivity index (χ0) is 29.6. The lowest BCUT2D eigenvalue weighted by atomic mass is 9.77. The Balaban J connectivity index is 1.20. The van der Waals surface area contributed by atoms with Crippen molar-refractivity contribution in [2.75, 3.05) is 83.3 Å². The third-order valence-electron chi connectivity index (χ3n) is 8.65. The Bertz CT molecular complexity index is 1430. The summed E-state index contributed by atoms with van der Waals surface area (Å²) >= 11 is 6.36. The van der Waals surface area contributed by atoms with Gasteiger partial charge in [-0.25, -0.2) is 4.98 Å². The van der Waals surface area contributed by atoms with E-state index in [1.807, 2.05) is 31.2 Å². The van der Waals surface area contributed by atoms with Gasteiger partial charge in [0.25, 0.3) is 10.1 Å². The number of anilines is 1. The number of likely N-dealkylation sites (tertiary alicyclic amines) is 1. The number of fused-ring (bicyclic) bond motifs is 1. The molecular weight excluding hydrogens is 574 g/mol. The van der Waals surface area contributed by atoms with Gasteiger partial charge in [0.2, 0.25) is 5.95 Å². The van der Waals surface area contributed by atoms with Gasteiger partial charge in [-0.1, -0.05) is 35.9 Å². The van der Waals surface area contributed by atoms with E-state index in [0.29, 0.717) is 24.7 Å². The van der Waals surface area contributed by atoms with Crippen molar-refractivity contribution in [3.63, 3.8) is 0 Å². The van der Waals surface area contributed by atoms with E-state index in [-0.39, 0.29) is 12.0 Å². The first-order valence-corrected chi connectivity index (χ1v) is 17.3. The molecule has 9 nitrogen and oxygen atoms in total. The summed E-state index contributed by atoms with van der Waals surface area (Å²) in [5.74, 6) is 1.04. The van der Waals surface area contributed by atoms with Crippen molar-refractivity contribution in [2.45, 2.75) is 38.1 Å². The minimum atomic E-state index is -3.48. The standard InChI is InChI=1S/C31H44ClN5O4S/c1-3-40-23-21-37-29-11-5-4-10-28(29)33-30(37)36-15-7-14-34(19-20-36)17-18-35-16-12-31(25-35,13-22-41-42(2,38)39)26-8-6-9-27(32)24-26/h4-6,8-11,24H,3,7,12-23,25H2,1-2H3. The average Bonchev–Trinajstić information content (AvgIpc) is 3.46. The molecule has 0 saturated carbocycles. The number of rotatable bonds is 13. The van der Waals surface area contributed by atoms with Gasteiger partial charge in [-0.3, -0.25) is 4.18 Å². The second kappa shape index (κ2) is 14.1. The summed E-state index contributed by atoms with van der Waals surface area (Å²) in [6.45, 7) is 12.2. The normalized spacial score (nSPS) is 20.9. The second-order valence-electron chi connectivity index (χ2n) is 11.5. The number of hydrogen-bond donors (Lipinski definition) is 0. The van der Waals surface area contributed by atoms with E-state index in [0.717, 1.165) is 101 Å². The smallest absolute Gasteiger partial charge is 0.264 e. The summed E-state index contributed by atoms with van der Waals surface area (Å²) in [6, 6.07) is 16.4. The monoisotopic (exact) mass is 617 g/mol. The molecule has 3 heterocycles. The fourth-order valence-corrected chi connectivity index (χ4v) is 7.02. The van der Waals surface area contributed by atoms with Crippen molar-refractivity contribution < 1.29 is 17.3 Å². The lowest BCUT2D eigenvalue weighted by Crippen LogP contribution is -2.39. The van der Waals surface area contributed by atoms with Crippen molar-refractivity contribution in [2.24, 2.45) is 0 Å². The summed E-state index contributed by atoms with van der Waals surface area (Å²) < 4.78 is 36.4. The van der Waals surface area contributed by atoms with E-state index in [2.05, 4.69) is 43.5 Å². The topological polar surface area (TPSA) is 80.1 Å². The van der Waals surface area contributed by atoms with Crippen LogP contribution in [0.3, 0.4) is 0 Å². The lowest BCUT2D eigenvalue weighted by Gasteiger charge is -2.31. The number of hydrogen-bond acceptors (Lipinski definition) is 8. The Labute approximate surface area is 255 Å². The van der Waals surface area contributed by atoms with E-state index >= 15 is 0 Å². The highest BCUT2D eigenvalue weighted by atomic mass is 35.5. The number of ether oxygens (including phenoxy) is 1. The number of imidazole rings is 1. The predicted molar refractivity (Wildman–Crippen MR) is 169 cm³/mol. The molecule has 0 amide bonds. The number of halogens is 1. The van der Waals surface area contributed by atoms with Crippen molar-refractivity contribution >= 4 is 38.7 Å². The molecule has 2 aromatic carbocycles. The van der Waals surface area contributed by atoms with Gasteiger partial charge < -0.3 is 24.0 Å². The maximum atomic E-state index is 11.6. The first kappa shape index (κ1) is 31.2. The molecule has 230 valence electrons.